The summed E-state index contributed by atoms with van der Waals surface area (Å²) >= 11 is 0. The predicted octanol–water partition coefficient (Wildman–Crippen LogP) is 6.79. The molecular weight excluding hydrogens is 1170 g/mol. The first-order chi connectivity index (χ1) is 42.1. The van der Waals surface area contributed by atoms with E-state index in [9.17, 15) is 48.6 Å². The summed E-state index contributed by atoms with van der Waals surface area (Å²) in [6, 6.07) is 12.3. The molecule has 5 aromatic heterocycles. The molecule has 0 radical (unpaired) electrons. The van der Waals surface area contributed by atoms with E-state index in [0.717, 1.165) is 33.0 Å². The smallest absolute Gasteiger partial charge is 0.426 e. The van der Waals surface area contributed by atoms with Crippen molar-refractivity contribution in [3.63, 3.8) is 0 Å². The van der Waals surface area contributed by atoms with Gasteiger partial charge in [-0.2, -0.15) is 4.98 Å². The third-order valence-electron chi connectivity index (χ3n) is 15.2. The van der Waals surface area contributed by atoms with Gasteiger partial charge in [0.2, 0.25) is 11.9 Å². The zero-order chi connectivity index (χ0) is 63.1. The highest BCUT2D eigenvalue weighted by Gasteiger charge is 2.54. The molecule has 1 unspecified atom stereocenters. The average molecular weight is 1240 g/mol. The van der Waals surface area contributed by atoms with Crippen molar-refractivity contribution in [2.45, 2.75) is 71.4 Å². The molecular formula is C60H61N13O13S2. The second-order valence-electron chi connectivity index (χ2n) is 20.6. The highest BCUT2D eigenvalue weighted by Crippen LogP contribution is 2.52. The lowest BCUT2D eigenvalue weighted by atomic mass is 9.64. The topological polar surface area (TPSA) is 391 Å². The SMILES string of the molecule is C=Cc1c(C)c2cc3nc(cc4nc(cc5[nH]c(cc1[nH]2)c(C)c5CCC(=O)O)C(CCC(=O)NNC(=O)OCCSSCC(NC(=O)c1ccc(NCc2cnc5nc(N)[nH]c(=O)c5n2)cc1)C(=O)O)=C4C)[C@@]1(C)C3=CC=C(C(=O)OC)[C@H]1C(=O)OC. The molecule has 11 N–H and O–H groups in total. The van der Waals surface area contributed by atoms with Crippen LogP contribution in [0.5, 0.6) is 0 Å². The van der Waals surface area contributed by atoms with E-state index in [0.29, 0.717) is 72.9 Å². The van der Waals surface area contributed by atoms with E-state index in [4.69, 9.17) is 29.9 Å². The van der Waals surface area contributed by atoms with Crippen LogP contribution < -0.4 is 32.8 Å². The van der Waals surface area contributed by atoms with E-state index in [-0.39, 0.29) is 78.6 Å². The molecule has 456 valence electrons. The number of aromatic nitrogens is 8. The molecule has 3 amide bonds. The maximum Gasteiger partial charge on any atom is 0.426 e. The largest absolute Gasteiger partial charge is 0.481 e. The minimum absolute atomic E-state index is 0.0275. The van der Waals surface area contributed by atoms with E-state index in [1.54, 1.807) is 49.4 Å². The fraction of sp³-hybridized carbons (Fsp3) is 0.283. The number of ether oxygens (including phenoxy) is 3. The number of esters is 2. The lowest BCUT2D eigenvalue weighted by molar-refractivity contribution is -0.149. The number of carboxylic acids is 2. The number of fused-ring (bicyclic) bond motifs is 12. The Kier molecular flexibility index (Phi) is 18.9. The Bertz CT molecular complexity index is 4210. The van der Waals surface area contributed by atoms with Crippen molar-refractivity contribution in [1.29, 1.82) is 0 Å². The van der Waals surface area contributed by atoms with Gasteiger partial charge in [0, 0.05) is 63.2 Å². The maximum atomic E-state index is 13.9. The zero-order valence-electron chi connectivity index (χ0n) is 48.5. The molecule has 9 rings (SSSR count). The fourth-order valence-corrected chi connectivity index (χ4v) is 12.5. The number of rotatable bonds is 21. The number of carbonyl (C=O) groups is 7. The van der Waals surface area contributed by atoms with Crippen LogP contribution in [0, 0.1) is 19.8 Å². The Labute approximate surface area is 509 Å². The molecule has 7 heterocycles. The number of methoxy groups -OCH3 is 2. The number of anilines is 2. The molecule has 28 heteroatoms. The summed E-state index contributed by atoms with van der Waals surface area (Å²) < 4.78 is 15.7. The first-order valence-electron chi connectivity index (χ1n) is 27.4. The number of nitrogens with zero attached hydrogens (tertiary/aromatic N) is 5. The molecule has 88 heavy (non-hydrogen) atoms. The van der Waals surface area contributed by atoms with E-state index in [1.165, 1.54) is 43.3 Å². The summed E-state index contributed by atoms with van der Waals surface area (Å²) in [7, 11) is 4.80. The number of hydrazine groups is 1. The molecule has 6 aromatic rings. The van der Waals surface area contributed by atoms with E-state index in [1.807, 2.05) is 32.9 Å². The monoisotopic (exact) mass is 1240 g/mol. The standard InChI is InChI=1S/C60H61N13O13S2/c1-8-34-28(2)40-22-45-38-16-13-37(56(81)84-6)50(57(82)85-7)60(38,5)47(68-45)24-41-30(4)35(43(67-41)23-44-36(15-18-49(75)76)29(3)39(66-44)21-42(34)65-40)14-17-48(74)72-73-59(83)86-19-20-87-88-27-46(55(79)80)69-53(77)31-9-11-32(12-10-31)62-25-33-26-63-52-51(64-33)54(78)71-58(61)70-52/h8-13,16,21-24,26,46,50,62,65-66H,1,14-15,17-20,25,27H2,2-7H3,(H,69,77)(H,72,74)(H,73,83)(H,75,76)(H,79,80)(H3,61,63,70,71,78)/t46?,50-,60+/m0/s1. The van der Waals surface area contributed by atoms with Gasteiger partial charge in [-0.25, -0.2) is 34.8 Å². The Balaban J connectivity index is 0.853. The maximum absolute atomic E-state index is 13.9. The first kappa shape index (κ1) is 62.4. The summed E-state index contributed by atoms with van der Waals surface area (Å²) in [5.41, 5.74) is 19.3. The van der Waals surface area contributed by atoms with Crippen molar-refractivity contribution in [3.05, 3.63) is 146 Å². The fourth-order valence-electron chi connectivity index (χ4n) is 10.6. The number of nitrogens with one attached hydrogen (secondary N) is 7. The number of nitrogen functional groups attached to an aromatic ring is 1. The number of aliphatic carboxylic acids is 2. The lowest BCUT2D eigenvalue weighted by Gasteiger charge is -2.36. The van der Waals surface area contributed by atoms with Crippen molar-refractivity contribution in [1.82, 2.24) is 56.0 Å². The van der Waals surface area contributed by atoms with Crippen LogP contribution in [0.15, 0.2) is 83.8 Å². The number of aryl methyl sites for hydroxylation is 3. The summed E-state index contributed by atoms with van der Waals surface area (Å²) in [6.07, 6.45) is 5.47. The summed E-state index contributed by atoms with van der Waals surface area (Å²) in [5.74, 6) is -5.95. The molecule has 1 aliphatic carbocycles. The van der Waals surface area contributed by atoms with Gasteiger partial charge in [0.15, 0.2) is 11.2 Å². The number of benzene rings is 1. The first-order valence-corrected chi connectivity index (χ1v) is 29.8. The number of carbonyl (C=O) groups excluding carboxylic acids is 5. The minimum Gasteiger partial charge on any atom is -0.481 e. The normalized spacial score (nSPS) is 15.5. The second kappa shape index (κ2) is 26.7. The molecule has 0 spiro atoms. The van der Waals surface area contributed by atoms with Crippen LogP contribution in [-0.2, 0) is 56.6 Å². The number of hydrogen-bond donors (Lipinski definition) is 10. The molecule has 3 aliphatic rings. The van der Waals surface area contributed by atoms with Gasteiger partial charge in [0.1, 0.15) is 18.6 Å². The molecule has 0 saturated heterocycles. The molecule has 26 nitrogen and oxygen atoms in total. The van der Waals surface area contributed by atoms with Gasteiger partial charge in [0.25, 0.3) is 11.5 Å². The molecule has 0 fully saturated rings. The highest BCUT2D eigenvalue weighted by atomic mass is 33.1. The Hall–Kier alpha value is -10.1. The van der Waals surface area contributed by atoms with Crippen LogP contribution in [0.1, 0.15) is 94.2 Å². The van der Waals surface area contributed by atoms with E-state index < -0.39 is 64.7 Å². The number of allylic oxidation sites excluding steroid dienone is 5. The third kappa shape index (κ3) is 13.3. The average Bonchev–Trinajstić information content (AvgIpc) is 1.59. The van der Waals surface area contributed by atoms with Gasteiger partial charge in [0.05, 0.1) is 66.4 Å². The number of carboxylic acid groups (broad SMARTS) is 2. The van der Waals surface area contributed by atoms with Gasteiger partial charge in [-0.05, 0) is 122 Å². The van der Waals surface area contributed by atoms with E-state index in [2.05, 4.69) is 58.0 Å². The number of aromatic amines is 3. The van der Waals surface area contributed by atoms with Gasteiger partial charge in [-0.15, -0.1) is 0 Å². The number of amides is 3. The molecule has 2 aliphatic heterocycles. The van der Waals surface area contributed by atoms with Crippen molar-refractivity contribution >= 4 is 131 Å². The number of H-pyrrole nitrogens is 3. The van der Waals surface area contributed by atoms with Crippen molar-refractivity contribution in [3.8, 4) is 0 Å². The molecule has 1 aromatic carbocycles. The van der Waals surface area contributed by atoms with Crippen LogP contribution in [0.3, 0.4) is 0 Å². The number of hydrogen-bond acceptors (Lipinski definition) is 20. The van der Waals surface area contributed by atoms with Crippen LogP contribution >= 0.6 is 21.6 Å². The summed E-state index contributed by atoms with van der Waals surface area (Å²) in [6.45, 7) is 11.6. The minimum atomic E-state index is -1.30. The van der Waals surface area contributed by atoms with E-state index >= 15 is 0 Å². The van der Waals surface area contributed by atoms with Crippen LogP contribution in [0.2, 0.25) is 0 Å². The number of nitrogens with two attached hydrogens (primary N) is 1. The Morgan fingerprint density at radius 1 is 0.830 bits per heavy atom. The molecule has 3 atom stereocenters. The quantitative estimate of drug-likeness (QED) is 0.0116. The predicted molar refractivity (Wildman–Crippen MR) is 332 cm³/mol. The highest BCUT2D eigenvalue weighted by molar-refractivity contribution is 8.76. The van der Waals surface area contributed by atoms with Gasteiger partial charge in [-0.3, -0.25) is 39.4 Å². The Morgan fingerprint density at radius 2 is 1.57 bits per heavy atom. The second-order valence-corrected chi connectivity index (χ2v) is 23.3. The van der Waals surface area contributed by atoms with Gasteiger partial charge < -0.3 is 50.8 Å². The van der Waals surface area contributed by atoms with Crippen LogP contribution in [0.25, 0.3) is 56.0 Å². The molecule has 0 saturated carbocycles. The van der Waals surface area contributed by atoms with Gasteiger partial charge >= 0.3 is 30.0 Å². The van der Waals surface area contributed by atoms with Crippen molar-refractivity contribution in [2.75, 3.05) is 43.4 Å². The summed E-state index contributed by atoms with van der Waals surface area (Å²) in [5, 5.41) is 25.3. The van der Waals surface area contributed by atoms with Crippen molar-refractivity contribution < 1.29 is 58.0 Å². The zero-order valence-corrected chi connectivity index (χ0v) is 50.1. The summed E-state index contributed by atoms with van der Waals surface area (Å²) in [4.78, 5) is 135. The van der Waals surface area contributed by atoms with Crippen molar-refractivity contribution in [2.24, 2.45) is 5.92 Å². The lowest BCUT2D eigenvalue weighted by Crippen LogP contribution is -2.42. The van der Waals surface area contributed by atoms with Gasteiger partial charge in [-0.1, -0.05) is 46.4 Å². The molecule has 8 bridgehead atoms. The Morgan fingerprint density at radius 3 is 2.28 bits per heavy atom. The van der Waals surface area contributed by atoms with Crippen LogP contribution in [-0.4, -0.2) is 130 Å². The van der Waals surface area contributed by atoms with Crippen LogP contribution in [0.4, 0.5) is 16.4 Å². The third-order valence-corrected chi connectivity index (χ3v) is 17.6.